The number of carboxylic acid groups (broad SMARTS) is 1. The summed E-state index contributed by atoms with van der Waals surface area (Å²) >= 11 is 1.44. The highest BCUT2D eigenvalue weighted by Gasteiger charge is 2.34. The molecule has 0 bridgehead atoms. The third kappa shape index (κ3) is 3.20. The topological polar surface area (TPSA) is 66.8 Å². The maximum atomic E-state index is 12.0. The number of amides is 1. The van der Waals surface area contributed by atoms with Crippen molar-refractivity contribution in [2.75, 3.05) is 18.2 Å². The number of carbonyl (C=O) groups is 2. The number of benzene rings is 1. The van der Waals surface area contributed by atoms with E-state index in [1.807, 2.05) is 25.1 Å². The van der Waals surface area contributed by atoms with E-state index in [1.165, 1.54) is 16.7 Å². The molecule has 6 heteroatoms. The first-order chi connectivity index (χ1) is 9.09. The van der Waals surface area contributed by atoms with E-state index < -0.39 is 12.0 Å². The van der Waals surface area contributed by atoms with Crippen molar-refractivity contribution in [1.29, 1.82) is 0 Å². The van der Waals surface area contributed by atoms with Crippen LogP contribution in [0.4, 0.5) is 0 Å². The Kier molecular flexibility index (Phi) is 4.31. The fourth-order valence-corrected chi connectivity index (χ4v) is 3.01. The van der Waals surface area contributed by atoms with Crippen LogP contribution in [-0.2, 0) is 9.59 Å². The van der Waals surface area contributed by atoms with E-state index in [0.29, 0.717) is 17.4 Å². The lowest BCUT2D eigenvalue weighted by atomic mass is 10.2. The summed E-state index contributed by atoms with van der Waals surface area (Å²) in [4.78, 5) is 24.3. The van der Waals surface area contributed by atoms with Crippen LogP contribution in [0.2, 0.25) is 0 Å². The summed E-state index contributed by atoms with van der Waals surface area (Å²) in [6.07, 6.45) is 0. The molecule has 0 saturated carbocycles. The van der Waals surface area contributed by atoms with Gasteiger partial charge >= 0.3 is 5.97 Å². The SMILES string of the molecule is Cc1ccccc1OCC(=O)N1CSC[C@H]1C(=O)O. The molecule has 0 radical (unpaired) electrons. The van der Waals surface area contributed by atoms with Gasteiger partial charge in [0.15, 0.2) is 6.61 Å². The first-order valence-corrected chi connectivity index (χ1v) is 7.03. The van der Waals surface area contributed by atoms with Gasteiger partial charge in [0, 0.05) is 5.75 Å². The monoisotopic (exact) mass is 281 g/mol. The molecule has 2 rings (SSSR count). The van der Waals surface area contributed by atoms with Gasteiger partial charge in [-0.05, 0) is 18.6 Å². The number of para-hydroxylation sites is 1. The fraction of sp³-hybridized carbons (Fsp3) is 0.385. The molecule has 0 aliphatic carbocycles. The Morgan fingerprint density at radius 1 is 1.47 bits per heavy atom. The van der Waals surface area contributed by atoms with Crippen molar-refractivity contribution in [3.8, 4) is 5.75 Å². The van der Waals surface area contributed by atoms with Crippen LogP contribution in [0.25, 0.3) is 0 Å². The lowest BCUT2D eigenvalue weighted by Gasteiger charge is -2.20. The molecule has 0 aromatic heterocycles. The standard InChI is InChI=1S/C13H15NO4S/c1-9-4-2-3-5-11(9)18-6-12(15)14-8-19-7-10(14)13(16)17/h2-5,10H,6-8H2,1H3,(H,16,17)/t10-/m0/s1. The molecule has 19 heavy (non-hydrogen) atoms. The number of rotatable bonds is 4. The third-order valence-corrected chi connectivity index (χ3v) is 3.94. The highest BCUT2D eigenvalue weighted by molar-refractivity contribution is 7.99. The smallest absolute Gasteiger partial charge is 0.327 e. The number of carbonyl (C=O) groups excluding carboxylic acids is 1. The van der Waals surface area contributed by atoms with E-state index in [1.54, 1.807) is 6.07 Å². The van der Waals surface area contributed by atoms with Crippen molar-refractivity contribution in [2.45, 2.75) is 13.0 Å². The Morgan fingerprint density at radius 3 is 2.89 bits per heavy atom. The molecule has 1 atom stereocenters. The maximum absolute atomic E-state index is 12.0. The summed E-state index contributed by atoms with van der Waals surface area (Å²) in [6.45, 7) is 1.76. The predicted molar refractivity (Wildman–Crippen MR) is 72.3 cm³/mol. The van der Waals surface area contributed by atoms with Gasteiger partial charge in [-0.3, -0.25) is 4.79 Å². The van der Waals surface area contributed by atoms with Crippen molar-refractivity contribution in [3.05, 3.63) is 29.8 Å². The molecule has 102 valence electrons. The maximum Gasteiger partial charge on any atom is 0.327 e. The van der Waals surface area contributed by atoms with E-state index in [0.717, 1.165) is 5.56 Å². The Balaban J connectivity index is 1.95. The Bertz CT molecular complexity index is 491. The number of ether oxygens (including phenoxy) is 1. The van der Waals surface area contributed by atoms with E-state index in [-0.39, 0.29) is 12.5 Å². The fourth-order valence-electron chi connectivity index (χ4n) is 1.83. The van der Waals surface area contributed by atoms with Crippen molar-refractivity contribution >= 4 is 23.6 Å². The molecule has 1 amide bonds. The van der Waals surface area contributed by atoms with E-state index in [4.69, 9.17) is 9.84 Å². The quantitative estimate of drug-likeness (QED) is 0.902. The van der Waals surface area contributed by atoms with Crippen LogP contribution in [0.15, 0.2) is 24.3 Å². The molecule has 5 nitrogen and oxygen atoms in total. The second kappa shape index (κ2) is 5.97. The highest BCUT2D eigenvalue weighted by atomic mass is 32.2. The van der Waals surface area contributed by atoms with Crippen molar-refractivity contribution in [1.82, 2.24) is 4.90 Å². The number of hydrogen-bond donors (Lipinski definition) is 1. The molecule has 1 fully saturated rings. The lowest BCUT2D eigenvalue weighted by molar-refractivity contribution is -0.148. The normalized spacial score (nSPS) is 18.4. The Labute approximate surface area is 115 Å². The van der Waals surface area contributed by atoms with E-state index in [2.05, 4.69) is 0 Å². The van der Waals surface area contributed by atoms with Crippen LogP contribution < -0.4 is 4.74 Å². The number of aliphatic carboxylic acids is 1. The van der Waals surface area contributed by atoms with Gasteiger partial charge in [0.25, 0.3) is 5.91 Å². The molecular weight excluding hydrogens is 266 g/mol. The number of nitrogens with zero attached hydrogens (tertiary/aromatic N) is 1. The van der Waals surface area contributed by atoms with Crippen LogP contribution >= 0.6 is 11.8 Å². The highest BCUT2D eigenvalue weighted by Crippen LogP contribution is 2.22. The average Bonchev–Trinajstić information content (AvgIpc) is 2.87. The van der Waals surface area contributed by atoms with E-state index in [9.17, 15) is 9.59 Å². The van der Waals surface area contributed by atoms with Gasteiger partial charge in [-0.25, -0.2) is 4.79 Å². The summed E-state index contributed by atoms with van der Waals surface area (Å²) in [7, 11) is 0. The summed E-state index contributed by atoms with van der Waals surface area (Å²) in [6, 6.07) is 6.67. The van der Waals surface area contributed by atoms with Crippen LogP contribution in [0.1, 0.15) is 5.56 Å². The molecule has 1 N–H and O–H groups in total. The zero-order valence-electron chi connectivity index (χ0n) is 10.5. The number of aryl methyl sites for hydroxylation is 1. The van der Waals surface area contributed by atoms with Gasteiger partial charge in [-0.1, -0.05) is 18.2 Å². The minimum absolute atomic E-state index is 0.130. The van der Waals surface area contributed by atoms with Gasteiger partial charge in [0.2, 0.25) is 0 Å². The predicted octanol–water partition coefficient (Wildman–Crippen LogP) is 1.36. The first kappa shape index (κ1) is 13.7. The van der Waals surface area contributed by atoms with E-state index >= 15 is 0 Å². The van der Waals surface area contributed by atoms with Gasteiger partial charge in [0.1, 0.15) is 11.8 Å². The van der Waals surface area contributed by atoms with Crippen molar-refractivity contribution in [2.24, 2.45) is 0 Å². The third-order valence-electron chi connectivity index (χ3n) is 2.93. The molecule has 0 unspecified atom stereocenters. The molecule has 1 heterocycles. The molecule has 0 spiro atoms. The minimum atomic E-state index is -0.964. The second-order valence-corrected chi connectivity index (χ2v) is 5.27. The number of thioether (sulfide) groups is 1. The molecule has 1 aliphatic heterocycles. The van der Waals surface area contributed by atoms with Gasteiger partial charge in [-0.15, -0.1) is 11.8 Å². The number of hydrogen-bond acceptors (Lipinski definition) is 4. The van der Waals surface area contributed by atoms with Gasteiger partial charge in [0.05, 0.1) is 5.88 Å². The summed E-state index contributed by atoms with van der Waals surface area (Å²) in [5, 5.41) is 9.01. The zero-order valence-corrected chi connectivity index (χ0v) is 11.4. The van der Waals surface area contributed by atoms with Crippen LogP contribution in [-0.4, -0.2) is 46.2 Å². The molecule has 1 aromatic carbocycles. The zero-order chi connectivity index (χ0) is 13.8. The Hall–Kier alpha value is -1.69. The Morgan fingerprint density at radius 2 is 2.21 bits per heavy atom. The second-order valence-electron chi connectivity index (χ2n) is 4.27. The minimum Gasteiger partial charge on any atom is -0.483 e. The molecule has 1 aliphatic rings. The lowest BCUT2D eigenvalue weighted by Crippen LogP contribution is -2.43. The summed E-state index contributed by atoms with van der Waals surface area (Å²) < 4.78 is 5.45. The average molecular weight is 281 g/mol. The van der Waals surface area contributed by atoms with Crippen molar-refractivity contribution < 1.29 is 19.4 Å². The summed E-state index contributed by atoms with van der Waals surface area (Å²) in [5.74, 6) is 0.239. The van der Waals surface area contributed by atoms with Crippen LogP contribution in [0.3, 0.4) is 0 Å². The van der Waals surface area contributed by atoms with Crippen LogP contribution in [0.5, 0.6) is 5.75 Å². The summed E-state index contributed by atoms with van der Waals surface area (Å²) in [5.41, 5.74) is 0.945. The molecule has 1 aromatic rings. The van der Waals surface area contributed by atoms with Gasteiger partial charge in [-0.2, -0.15) is 0 Å². The first-order valence-electron chi connectivity index (χ1n) is 5.88. The molecular formula is C13H15NO4S. The van der Waals surface area contributed by atoms with Crippen LogP contribution in [0, 0.1) is 6.92 Å². The molecule has 1 saturated heterocycles. The van der Waals surface area contributed by atoms with Crippen molar-refractivity contribution in [3.63, 3.8) is 0 Å². The van der Waals surface area contributed by atoms with Gasteiger partial charge < -0.3 is 14.7 Å². The largest absolute Gasteiger partial charge is 0.483 e. The number of carboxylic acids is 1.